The van der Waals surface area contributed by atoms with Crippen LogP contribution in [-0.4, -0.2) is 30.0 Å². The van der Waals surface area contributed by atoms with Crippen LogP contribution >= 0.6 is 11.8 Å². The van der Waals surface area contributed by atoms with E-state index in [1.807, 2.05) is 62.4 Å². The first-order valence-corrected chi connectivity index (χ1v) is 11.1. The average Bonchev–Trinajstić information content (AvgIpc) is 2.77. The Balaban J connectivity index is 1.75. The van der Waals surface area contributed by atoms with Crippen molar-refractivity contribution in [1.82, 2.24) is 0 Å². The number of carboxylic acids is 1. The van der Waals surface area contributed by atoms with E-state index >= 15 is 0 Å². The maximum absolute atomic E-state index is 10.7. The third-order valence-corrected chi connectivity index (χ3v) is 5.52. The lowest BCUT2D eigenvalue weighted by molar-refractivity contribution is -0.139. The van der Waals surface area contributed by atoms with Crippen molar-refractivity contribution < 1.29 is 19.4 Å². The maximum Gasteiger partial charge on any atom is 0.341 e. The van der Waals surface area contributed by atoms with Gasteiger partial charge in [-0.3, -0.25) is 0 Å². The van der Waals surface area contributed by atoms with Crippen molar-refractivity contribution in [2.75, 3.05) is 19.0 Å². The number of hydrogen-bond donors (Lipinski definition) is 1. The van der Waals surface area contributed by atoms with E-state index in [0.29, 0.717) is 12.4 Å². The third-order valence-electron chi connectivity index (χ3n) is 4.60. The smallest absolute Gasteiger partial charge is 0.341 e. The van der Waals surface area contributed by atoms with Crippen molar-refractivity contribution >= 4 is 23.3 Å². The molecule has 0 aliphatic heterocycles. The number of carboxylic acid groups (broad SMARTS) is 1. The first-order chi connectivity index (χ1) is 15.1. The summed E-state index contributed by atoms with van der Waals surface area (Å²) in [5.41, 5.74) is 4.41. The summed E-state index contributed by atoms with van der Waals surface area (Å²) < 4.78 is 10.9. The molecule has 0 fully saturated rings. The topological polar surface area (TPSA) is 55.8 Å². The summed E-state index contributed by atoms with van der Waals surface area (Å²) >= 11 is 1.72. The molecule has 0 saturated carbocycles. The molecule has 160 valence electrons. The zero-order chi connectivity index (χ0) is 22.1. The molecule has 0 unspecified atom stereocenters. The Kier molecular flexibility index (Phi) is 8.19. The summed E-state index contributed by atoms with van der Waals surface area (Å²) in [5, 5.41) is 8.78. The molecule has 0 amide bonds. The minimum atomic E-state index is -0.981. The van der Waals surface area contributed by atoms with Crippen LogP contribution in [0.15, 0.2) is 83.8 Å². The minimum absolute atomic E-state index is 0.335. The standard InChI is InChI=1S/C26H26O4S/c1-3-29-22-11-9-21(10-12-22)24(20-7-5-4-6-8-20)15-16-31-23-13-14-25(19(2)17-23)30-18-26(27)28/h4-15,17H,3,16,18H2,1-2H3,(H,27,28). The molecule has 5 heteroatoms. The van der Waals surface area contributed by atoms with Gasteiger partial charge in [-0.25, -0.2) is 4.79 Å². The SMILES string of the molecule is CCOc1ccc(C(=CCSc2ccc(OCC(=O)O)c(C)c2)c2ccccc2)cc1. The van der Waals surface area contributed by atoms with Crippen LogP contribution in [0.25, 0.3) is 5.57 Å². The second kappa shape index (κ2) is 11.3. The van der Waals surface area contributed by atoms with Gasteiger partial charge in [0.25, 0.3) is 0 Å². The summed E-state index contributed by atoms with van der Waals surface area (Å²) in [4.78, 5) is 11.8. The fraction of sp³-hybridized carbons (Fsp3) is 0.192. The van der Waals surface area contributed by atoms with Gasteiger partial charge < -0.3 is 14.6 Å². The van der Waals surface area contributed by atoms with Gasteiger partial charge in [0.05, 0.1) is 6.61 Å². The molecule has 0 aliphatic rings. The zero-order valence-electron chi connectivity index (χ0n) is 17.7. The van der Waals surface area contributed by atoms with E-state index in [4.69, 9.17) is 14.6 Å². The molecule has 3 rings (SSSR count). The summed E-state index contributed by atoms with van der Waals surface area (Å²) in [5.74, 6) is 1.28. The van der Waals surface area contributed by atoms with Gasteiger partial charge in [-0.1, -0.05) is 48.5 Å². The Hall–Kier alpha value is -3.18. The number of aliphatic carboxylic acids is 1. The summed E-state index contributed by atoms with van der Waals surface area (Å²) in [6.07, 6.45) is 2.24. The molecule has 3 aromatic carbocycles. The van der Waals surface area contributed by atoms with Crippen molar-refractivity contribution in [3.8, 4) is 11.5 Å². The van der Waals surface area contributed by atoms with Crippen molar-refractivity contribution in [3.05, 3.63) is 95.6 Å². The van der Waals surface area contributed by atoms with Gasteiger partial charge in [0.15, 0.2) is 6.61 Å². The summed E-state index contributed by atoms with van der Waals surface area (Å²) in [6, 6.07) is 24.3. The predicted molar refractivity (Wildman–Crippen MR) is 126 cm³/mol. The van der Waals surface area contributed by atoms with Crippen LogP contribution in [0.5, 0.6) is 11.5 Å². The molecule has 0 aromatic heterocycles. The van der Waals surface area contributed by atoms with Crippen molar-refractivity contribution in [2.24, 2.45) is 0 Å². The fourth-order valence-electron chi connectivity index (χ4n) is 3.15. The van der Waals surface area contributed by atoms with Gasteiger partial charge in [-0.2, -0.15) is 0 Å². The van der Waals surface area contributed by atoms with Crippen LogP contribution in [0.2, 0.25) is 0 Å². The number of ether oxygens (including phenoxy) is 2. The fourth-order valence-corrected chi connectivity index (χ4v) is 4.02. The first-order valence-electron chi connectivity index (χ1n) is 10.1. The number of carbonyl (C=O) groups is 1. The lowest BCUT2D eigenvalue weighted by Gasteiger charge is -2.11. The number of benzene rings is 3. The number of rotatable bonds is 10. The quantitative estimate of drug-likeness (QED) is 0.392. The highest BCUT2D eigenvalue weighted by atomic mass is 32.2. The van der Waals surface area contributed by atoms with Crippen LogP contribution in [-0.2, 0) is 4.79 Å². The van der Waals surface area contributed by atoms with Crippen LogP contribution in [0, 0.1) is 6.92 Å². The molecular formula is C26H26O4S. The number of thioether (sulfide) groups is 1. The Labute approximate surface area is 187 Å². The largest absolute Gasteiger partial charge is 0.494 e. The summed E-state index contributed by atoms with van der Waals surface area (Å²) in [7, 11) is 0. The van der Waals surface area contributed by atoms with Crippen molar-refractivity contribution in [1.29, 1.82) is 0 Å². The highest BCUT2D eigenvalue weighted by Gasteiger charge is 2.07. The van der Waals surface area contributed by atoms with Gasteiger partial charge in [0.1, 0.15) is 11.5 Å². The van der Waals surface area contributed by atoms with E-state index in [0.717, 1.165) is 27.5 Å². The van der Waals surface area contributed by atoms with Crippen molar-refractivity contribution in [2.45, 2.75) is 18.7 Å². The zero-order valence-corrected chi connectivity index (χ0v) is 18.5. The Morgan fingerprint density at radius 2 is 1.68 bits per heavy atom. The molecule has 4 nitrogen and oxygen atoms in total. The van der Waals surface area contributed by atoms with Gasteiger partial charge >= 0.3 is 5.97 Å². The van der Waals surface area contributed by atoms with Gasteiger partial charge in [-0.15, -0.1) is 11.8 Å². The lowest BCUT2D eigenvalue weighted by Crippen LogP contribution is -2.09. The second-order valence-electron chi connectivity index (χ2n) is 6.86. The van der Waals surface area contributed by atoms with E-state index in [2.05, 4.69) is 30.3 Å². The van der Waals surface area contributed by atoms with Crippen LogP contribution < -0.4 is 9.47 Å². The third kappa shape index (κ3) is 6.66. The Morgan fingerprint density at radius 3 is 2.32 bits per heavy atom. The minimum Gasteiger partial charge on any atom is -0.494 e. The molecule has 3 aromatic rings. The molecular weight excluding hydrogens is 408 g/mol. The Morgan fingerprint density at radius 1 is 0.968 bits per heavy atom. The van der Waals surface area contributed by atoms with Gasteiger partial charge in [0.2, 0.25) is 0 Å². The van der Waals surface area contributed by atoms with E-state index < -0.39 is 5.97 Å². The highest BCUT2D eigenvalue weighted by Crippen LogP contribution is 2.29. The second-order valence-corrected chi connectivity index (χ2v) is 7.96. The van der Waals surface area contributed by atoms with Gasteiger partial charge in [-0.05, 0) is 66.4 Å². The molecule has 0 radical (unpaired) electrons. The van der Waals surface area contributed by atoms with E-state index in [1.54, 1.807) is 11.8 Å². The normalized spacial score (nSPS) is 11.2. The molecule has 0 heterocycles. The van der Waals surface area contributed by atoms with E-state index in [9.17, 15) is 4.79 Å². The first kappa shape index (κ1) is 22.5. The van der Waals surface area contributed by atoms with Gasteiger partial charge in [0, 0.05) is 10.6 Å². The maximum atomic E-state index is 10.7. The average molecular weight is 435 g/mol. The lowest BCUT2D eigenvalue weighted by atomic mass is 9.98. The summed E-state index contributed by atoms with van der Waals surface area (Å²) in [6.45, 7) is 4.22. The van der Waals surface area contributed by atoms with Crippen LogP contribution in [0.3, 0.4) is 0 Å². The monoisotopic (exact) mass is 434 g/mol. The number of hydrogen-bond acceptors (Lipinski definition) is 4. The van der Waals surface area contributed by atoms with Crippen molar-refractivity contribution in [3.63, 3.8) is 0 Å². The molecule has 0 spiro atoms. The van der Waals surface area contributed by atoms with E-state index in [1.165, 1.54) is 11.1 Å². The molecule has 0 atom stereocenters. The number of aryl methyl sites for hydroxylation is 1. The van der Waals surface area contributed by atoms with E-state index in [-0.39, 0.29) is 6.61 Å². The molecule has 0 saturated heterocycles. The molecule has 1 N–H and O–H groups in total. The molecule has 31 heavy (non-hydrogen) atoms. The predicted octanol–water partition coefficient (Wildman–Crippen LogP) is 6.08. The van der Waals surface area contributed by atoms with Crippen LogP contribution in [0.1, 0.15) is 23.6 Å². The molecule has 0 bridgehead atoms. The van der Waals surface area contributed by atoms with Crippen LogP contribution in [0.4, 0.5) is 0 Å². The highest BCUT2D eigenvalue weighted by molar-refractivity contribution is 7.99. The Bertz CT molecular complexity index is 1030. The molecule has 0 aliphatic carbocycles.